The fraction of sp³-hybridized carbons (Fsp3) is 0.571. The van der Waals surface area contributed by atoms with Crippen molar-refractivity contribution in [1.82, 2.24) is 0 Å². The zero-order valence-corrected chi connectivity index (χ0v) is 12.0. The molecule has 20 heavy (non-hydrogen) atoms. The molecule has 0 aliphatic rings. The Morgan fingerprint density at radius 1 is 1.35 bits per heavy atom. The Morgan fingerprint density at radius 3 is 2.50 bits per heavy atom. The highest BCUT2D eigenvalue weighted by Crippen LogP contribution is 2.35. The van der Waals surface area contributed by atoms with Gasteiger partial charge in [0, 0.05) is 32.4 Å². The van der Waals surface area contributed by atoms with Crippen LogP contribution in [0.3, 0.4) is 0 Å². The maximum atomic E-state index is 13.1. The van der Waals surface area contributed by atoms with Crippen molar-refractivity contribution in [1.29, 1.82) is 0 Å². The fourth-order valence-electron chi connectivity index (χ4n) is 1.95. The predicted molar refractivity (Wildman–Crippen MR) is 73.9 cm³/mol. The topological polar surface area (TPSA) is 38.5 Å². The van der Waals surface area contributed by atoms with Crippen LogP contribution >= 0.6 is 0 Å². The molecule has 0 aliphatic heterocycles. The lowest BCUT2D eigenvalue weighted by atomic mass is 10.00. The van der Waals surface area contributed by atoms with E-state index in [1.54, 1.807) is 32.0 Å². The maximum absolute atomic E-state index is 13.1. The van der Waals surface area contributed by atoms with Crippen LogP contribution in [0.15, 0.2) is 18.2 Å². The van der Waals surface area contributed by atoms with Crippen molar-refractivity contribution >= 4 is 5.69 Å². The smallest absolute Gasteiger partial charge is 0.383 e. The Morgan fingerprint density at radius 2 is 2.00 bits per heavy atom. The molecule has 0 saturated heterocycles. The number of nitrogens with zero attached hydrogens (tertiary/aromatic N) is 1. The minimum absolute atomic E-state index is 0.205. The Hall–Kier alpha value is -1.27. The van der Waals surface area contributed by atoms with Crippen LogP contribution in [0, 0.1) is 0 Å². The first-order chi connectivity index (χ1) is 9.25. The molecule has 2 N–H and O–H groups in total. The Kier molecular flexibility index (Phi) is 5.83. The molecule has 6 heteroatoms. The molecule has 1 aromatic rings. The van der Waals surface area contributed by atoms with Crippen LogP contribution in [0.2, 0.25) is 0 Å². The van der Waals surface area contributed by atoms with E-state index in [2.05, 4.69) is 0 Å². The third-order valence-electron chi connectivity index (χ3n) is 3.01. The first-order valence-electron chi connectivity index (χ1n) is 6.41. The minimum Gasteiger partial charge on any atom is -0.383 e. The van der Waals surface area contributed by atoms with Crippen LogP contribution in [0.4, 0.5) is 18.9 Å². The van der Waals surface area contributed by atoms with Crippen LogP contribution in [-0.2, 0) is 17.3 Å². The van der Waals surface area contributed by atoms with Crippen LogP contribution < -0.4 is 10.6 Å². The van der Waals surface area contributed by atoms with Gasteiger partial charge < -0.3 is 15.4 Å². The summed E-state index contributed by atoms with van der Waals surface area (Å²) in [5, 5.41) is 0. The van der Waals surface area contributed by atoms with E-state index in [9.17, 15) is 13.2 Å². The molecule has 0 bridgehead atoms. The maximum Gasteiger partial charge on any atom is 0.416 e. The summed E-state index contributed by atoms with van der Waals surface area (Å²) in [6.07, 6.45) is -4.17. The van der Waals surface area contributed by atoms with Gasteiger partial charge in [0.15, 0.2) is 0 Å². The van der Waals surface area contributed by atoms with E-state index >= 15 is 0 Å². The lowest BCUT2D eigenvalue weighted by molar-refractivity contribution is -0.138. The first kappa shape index (κ1) is 16.8. The van der Waals surface area contributed by atoms with Gasteiger partial charge in [0.2, 0.25) is 0 Å². The summed E-state index contributed by atoms with van der Waals surface area (Å²) in [5.41, 5.74) is 5.74. The molecule has 1 unspecified atom stereocenters. The highest BCUT2D eigenvalue weighted by molar-refractivity contribution is 5.51. The van der Waals surface area contributed by atoms with Gasteiger partial charge in [-0.05, 0) is 31.0 Å². The van der Waals surface area contributed by atoms with Crippen molar-refractivity contribution in [3.8, 4) is 0 Å². The largest absolute Gasteiger partial charge is 0.416 e. The zero-order chi connectivity index (χ0) is 15.3. The number of anilines is 1. The number of methoxy groups -OCH3 is 1. The molecule has 0 heterocycles. The number of ether oxygens (including phenoxy) is 1. The van der Waals surface area contributed by atoms with Crippen molar-refractivity contribution in [2.24, 2.45) is 5.73 Å². The summed E-state index contributed by atoms with van der Waals surface area (Å²) in [5.74, 6) is 0. The summed E-state index contributed by atoms with van der Waals surface area (Å²) in [7, 11) is 3.29. The number of alkyl halides is 3. The van der Waals surface area contributed by atoms with Crippen LogP contribution in [-0.4, -0.2) is 33.4 Å². The summed E-state index contributed by atoms with van der Waals surface area (Å²) in [6.45, 7) is 2.68. The number of rotatable bonds is 6. The lowest BCUT2D eigenvalue weighted by Crippen LogP contribution is -2.24. The molecule has 0 amide bonds. The molecule has 0 aromatic heterocycles. The molecule has 114 valence electrons. The quantitative estimate of drug-likeness (QED) is 0.875. The van der Waals surface area contributed by atoms with Crippen LogP contribution in [0.1, 0.15) is 18.1 Å². The van der Waals surface area contributed by atoms with E-state index in [0.29, 0.717) is 18.8 Å². The average molecular weight is 290 g/mol. The van der Waals surface area contributed by atoms with Gasteiger partial charge in [-0.25, -0.2) is 0 Å². The SMILES string of the molecule is COCCN(C)c1ccc(CC(C)N)c(C(F)(F)F)c1. The summed E-state index contributed by atoms with van der Waals surface area (Å²) < 4.78 is 44.3. The Balaban J connectivity index is 3.07. The highest BCUT2D eigenvalue weighted by Gasteiger charge is 2.33. The van der Waals surface area contributed by atoms with Gasteiger partial charge in [-0.15, -0.1) is 0 Å². The number of hydrogen-bond acceptors (Lipinski definition) is 3. The first-order valence-corrected chi connectivity index (χ1v) is 6.41. The summed E-state index contributed by atoms with van der Waals surface area (Å²) in [4.78, 5) is 1.73. The molecule has 0 fully saturated rings. The summed E-state index contributed by atoms with van der Waals surface area (Å²) in [6, 6.07) is 4.05. The van der Waals surface area contributed by atoms with Crippen molar-refractivity contribution < 1.29 is 17.9 Å². The number of likely N-dealkylation sites (N-methyl/N-ethyl adjacent to an activating group) is 1. The third kappa shape index (κ3) is 4.68. The second kappa shape index (κ2) is 6.95. The second-order valence-corrected chi connectivity index (χ2v) is 4.93. The molecule has 3 nitrogen and oxygen atoms in total. The average Bonchev–Trinajstić information content (AvgIpc) is 2.34. The van der Waals surface area contributed by atoms with E-state index < -0.39 is 11.7 Å². The van der Waals surface area contributed by atoms with Crippen LogP contribution in [0.25, 0.3) is 0 Å². The van der Waals surface area contributed by atoms with Gasteiger partial charge in [0.05, 0.1) is 12.2 Å². The van der Waals surface area contributed by atoms with Crippen molar-refractivity contribution in [2.75, 3.05) is 32.2 Å². The van der Waals surface area contributed by atoms with Gasteiger partial charge in [-0.3, -0.25) is 0 Å². The molecule has 0 aliphatic carbocycles. The molecule has 0 radical (unpaired) electrons. The van der Waals surface area contributed by atoms with E-state index in [1.165, 1.54) is 12.1 Å². The monoisotopic (exact) mass is 290 g/mol. The summed E-state index contributed by atoms with van der Waals surface area (Å²) >= 11 is 0. The van der Waals surface area contributed by atoms with Gasteiger partial charge in [-0.2, -0.15) is 13.2 Å². The van der Waals surface area contributed by atoms with Gasteiger partial charge in [0.25, 0.3) is 0 Å². The Bertz CT molecular complexity index is 433. The lowest BCUT2D eigenvalue weighted by Gasteiger charge is -2.22. The molecule has 1 atom stereocenters. The third-order valence-corrected chi connectivity index (χ3v) is 3.01. The molecular weight excluding hydrogens is 269 g/mol. The molecule has 1 rings (SSSR count). The van der Waals surface area contributed by atoms with Crippen molar-refractivity contribution in [3.63, 3.8) is 0 Å². The molecule has 1 aromatic carbocycles. The van der Waals surface area contributed by atoms with E-state index in [-0.39, 0.29) is 18.0 Å². The standard InChI is InChI=1S/C14H21F3N2O/c1-10(18)8-11-4-5-12(19(2)6-7-20-3)9-13(11)14(15,16)17/h4-5,9-10H,6-8,18H2,1-3H3. The van der Waals surface area contributed by atoms with Gasteiger partial charge in [0.1, 0.15) is 0 Å². The van der Waals surface area contributed by atoms with E-state index in [4.69, 9.17) is 10.5 Å². The normalized spacial score (nSPS) is 13.3. The molecule has 0 saturated carbocycles. The van der Waals surface area contributed by atoms with Crippen molar-refractivity contribution in [2.45, 2.75) is 25.6 Å². The highest BCUT2D eigenvalue weighted by atomic mass is 19.4. The number of nitrogens with two attached hydrogens (primary N) is 1. The predicted octanol–water partition coefficient (Wildman–Crippen LogP) is 2.68. The van der Waals surface area contributed by atoms with Crippen molar-refractivity contribution in [3.05, 3.63) is 29.3 Å². The number of benzene rings is 1. The second-order valence-electron chi connectivity index (χ2n) is 4.93. The van der Waals surface area contributed by atoms with Gasteiger partial charge >= 0.3 is 6.18 Å². The molecule has 0 spiro atoms. The zero-order valence-electron chi connectivity index (χ0n) is 12.0. The number of hydrogen-bond donors (Lipinski definition) is 1. The Labute approximate surface area is 117 Å². The van der Waals surface area contributed by atoms with E-state index in [0.717, 1.165) is 0 Å². The van der Waals surface area contributed by atoms with Gasteiger partial charge in [-0.1, -0.05) is 6.07 Å². The van der Waals surface area contributed by atoms with Crippen LogP contribution in [0.5, 0.6) is 0 Å². The minimum atomic E-state index is -4.37. The fourth-order valence-corrected chi connectivity index (χ4v) is 1.95. The molecular formula is C14H21F3N2O. The number of halogens is 3. The van der Waals surface area contributed by atoms with E-state index in [1.807, 2.05) is 0 Å².